The minimum absolute atomic E-state index is 0.117. The maximum absolute atomic E-state index is 13.5. The van der Waals surface area contributed by atoms with Gasteiger partial charge in [-0.1, -0.05) is 0 Å². The number of rotatable bonds is 2. The summed E-state index contributed by atoms with van der Waals surface area (Å²) >= 11 is 0. The molecule has 1 aromatic heterocycles. The minimum Gasteiger partial charge on any atom is -0.335 e. The molecule has 6 heteroatoms. The second kappa shape index (κ2) is 5.03. The fraction of sp³-hybridized carbons (Fsp3) is 0.286. The molecule has 0 spiro atoms. The van der Waals surface area contributed by atoms with Crippen LogP contribution in [0.5, 0.6) is 0 Å². The van der Waals surface area contributed by atoms with Crippen LogP contribution in [0.15, 0.2) is 30.7 Å². The third-order valence-electron chi connectivity index (χ3n) is 3.53. The molecule has 104 valence electrons. The van der Waals surface area contributed by atoms with E-state index in [0.29, 0.717) is 19.4 Å². The molecule has 1 unspecified atom stereocenters. The topological polar surface area (TPSA) is 46.9 Å². The van der Waals surface area contributed by atoms with Crippen molar-refractivity contribution < 1.29 is 13.6 Å². The molecule has 0 aliphatic carbocycles. The van der Waals surface area contributed by atoms with Gasteiger partial charge >= 0.3 is 0 Å². The number of nitrogens with zero attached hydrogens (tertiary/aromatic N) is 2. The van der Waals surface area contributed by atoms with E-state index in [-0.39, 0.29) is 17.5 Å². The Hall–Kier alpha value is -2.24. The van der Waals surface area contributed by atoms with Crippen molar-refractivity contribution in [2.45, 2.75) is 19.4 Å². The van der Waals surface area contributed by atoms with Gasteiger partial charge in [-0.2, -0.15) is 0 Å². The van der Waals surface area contributed by atoms with E-state index in [0.717, 1.165) is 23.9 Å². The molecular formula is C14H13F2N3O. The Labute approximate surface area is 114 Å². The largest absolute Gasteiger partial charge is 0.335 e. The smallest absolute Gasteiger partial charge is 0.228 e. The maximum Gasteiger partial charge on any atom is 0.228 e. The number of halogens is 2. The number of amides is 1. The Kier molecular flexibility index (Phi) is 3.22. The molecule has 20 heavy (non-hydrogen) atoms. The number of anilines is 1. The molecule has 0 radical (unpaired) electrons. The zero-order valence-corrected chi connectivity index (χ0v) is 10.6. The van der Waals surface area contributed by atoms with Gasteiger partial charge in [0.2, 0.25) is 5.91 Å². The predicted molar refractivity (Wildman–Crippen MR) is 69.0 cm³/mol. The fourth-order valence-electron chi connectivity index (χ4n) is 2.42. The van der Waals surface area contributed by atoms with Crippen molar-refractivity contribution >= 4 is 11.6 Å². The highest BCUT2D eigenvalue weighted by atomic mass is 19.1. The summed E-state index contributed by atoms with van der Waals surface area (Å²) in [6.45, 7) is 0.707. The summed E-state index contributed by atoms with van der Waals surface area (Å²) < 4.78 is 28.5. The van der Waals surface area contributed by atoms with E-state index < -0.39 is 11.6 Å². The summed E-state index contributed by atoms with van der Waals surface area (Å²) in [7, 11) is 0. The van der Waals surface area contributed by atoms with Crippen molar-refractivity contribution in [2.24, 2.45) is 5.92 Å². The van der Waals surface area contributed by atoms with Crippen molar-refractivity contribution in [3.05, 3.63) is 48.1 Å². The molecular weight excluding hydrogens is 264 g/mol. The van der Waals surface area contributed by atoms with E-state index in [9.17, 15) is 13.6 Å². The molecule has 2 heterocycles. The average molecular weight is 277 g/mol. The lowest BCUT2D eigenvalue weighted by Crippen LogP contribution is -2.30. The SMILES string of the molecule is O=C(Nc1cc(F)ccc1F)C1CCn2cncc2C1. The Balaban J connectivity index is 1.73. The van der Waals surface area contributed by atoms with Crippen LogP contribution >= 0.6 is 0 Å². The number of fused-ring (bicyclic) bond motifs is 1. The highest BCUT2D eigenvalue weighted by Gasteiger charge is 2.25. The first kappa shape index (κ1) is 12.8. The van der Waals surface area contributed by atoms with E-state index in [2.05, 4.69) is 10.3 Å². The standard InChI is InChI=1S/C14H13F2N3O/c15-10-1-2-12(16)13(6-10)18-14(20)9-3-4-19-8-17-7-11(19)5-9/h1-2,6-9H,3-5H2,(H,18,20). The average Bonchev–Trinajstić information content (AvgIpc) is 2.90. The molecule has 0 saturated heterocycles. The molecule has 3 rings (SSSR count). The predicted octanol–water partition coefficient (Wildman–Crippen LogP) is 2.36. The number of hydrogen-bond donors (Lipinski definition) is 1. The Morgan fingerprint density at radius 3 is 3.10 bits per heavy atom. The van der Waals surface area contributed by atoms with Crippen molar-refractivity contribution in [2.75, 3.05) is 5.32 Å². The lowest BCUT2D eigenvalue weighted by Gasteiger charge is -2.23. The van der Waals surface area contributed by atoms with Crippen molar-refractivity contribution in [3.8, 4) is 0 Å². The van der Waals surface area contributed by atoms with Crippen LogP contribution in [0.25, 0.3) is 0 Å². The molecule has 2 aromatic rings. The van der Waals surface area contributed by atoms with Gasteiger partial charge in [0.25, 0.3) is 0 Å². The molecule has 1 N–H and O–H groups in total. The highest BCUT2D eigenvalue weighted by Crippen LogP contribution is 2.22. The number of aryl methyl sites for hydroxylation is 1. The first-order valence-electron chi connectivity index (χ1n) is 6.38. The second-order valence-electron chi connectivity index (χ2n) is 4.88. The molecule has 1 aliphatic heterocycles. The van der Waals surface area contributed by atoms with Crippen molar-refractivity contribution in [1.82, 2.24) is 9.55 Å². The molecule has 1 amide bonds. The number of benzene rings is 1. The van der Waals surface area contributed by atoms with Crippen LogP contribution in [0.3, 0.4) is 0 Å². The zero-order chi connectivity index (χ0) is 14.1. The summed E-state index contributed by atoms with van der Waals surface area (Å²) in [5, 5.41) is 2.46. The zero-order valence-electron chi connectivity index (χ0n) is 10.6. The van der Waals surface area contributed by atoms with E-state index in [4.69, 9.17) is 0 Å². The summed E-state index contributed by atoms with van der Waals surface area (Å²) in [4.78, 5) is 16.2. The van der Waals surface area contributed by atoms with E-state index >= 15 is 0 Å². The number of hydrogen-bond acceptors (Lipinski definition) is 2. The van der Waals surface area contributed by atoms with Gasteiger partial charge in [0, 0.05) is 36.8 Å². The van der Waals surface area contributed by atoms with Gasteiger partial charge in [-0.05, 0) is 18.6 Å². The third-order valence-corrected chi connectivity index (χ3v) is 3.53. The van der Waals surface area contributed by atoms with E-state index in [1.807, 2.05) is 4.57 Å². The van der Waals surface area contributed by atoms with E-state index in [1.165, 1.54) is 0 Å². The van der Waals surface area contributed by atoms with Crippen LogP contribution in [-0.2, 0) is 17.8 Å². The fourth-order valence-corrected chi connectivity index (χ4v) is 2.42. The molecule has 0 saturated carbocycles. The normalized spacial score (nSPS) is 17.6. The lowest BCUT2D eigenvalue weighted by atomic mass is 9.95. The van der Waals surface area contributed by atoms with Crippen LogP contribution < -0.4 is 5.32 Å². The van der Waals surface area contributed by atoms with Crippen molar-refractivity contribution in [1.29, 1.82) is 0 Å². The van der Waals surface area contributed by atoms with Crippen LogP contribution in [0.4, 0.5) is 14.5 Å². The van der Waals surface area contributed by atoms with Gasteiger partial charge in [0.15, 0.2) is 0 Å². The number of aromatic nitrogens is 2. The molecule has 1 aliphatic rings. The quantitative estimate of drug-likeness (QED) is 0.916. The third kappa shape index (κ3) is 2.41. The Morgan fingerprint density at radius 1 is 1.40 bits per heavy atom. The Bertz CT molecular complexity index is 654. The van der Waals surface area contributed by atoms with Gasteiger partial charge in [0.1, 0.15) is 11.6 Å². The number of nitrogens with one attached hydrogen (secondary N) is 1. The molecule has 0 fully saturated rings. The van der Waals surface area contributed by atoms with Gasteiger partial charge < -0.3 is 9.88 Å². The number of carbonyl (C=O) groups excluding carboxylic acids is 1. The minimum atomic E-state index is -0.638. The summed E-state index contributed by atoms with van der Waals surface area (Å²) in [6.07, 6.45) is 4.67. The van der Waals surface area contributed by atoms with Crippen LogP contribution in [-0.4, -0.2) is 15.5 Å². The highest BCUT2D eigenvalue weighted by molar-refractivity contribution is 5.92. The van der Waals surface area contributed by atoms with Crippen LogP contribution in [0.2, 0.25) is 0 Å². The molecule has 1 aromatic carbocycles. The van der Waals surface area contributed by atoms with E-state index in [1.54, 1.807) is 12.5 Å². The Morgan fingerprint density at radius 2 is 2.25 bits per heavy atom. The summed E-state index contributed by atoms with van der Waals surface area (Å²) in [5.74, 6) is -1.76. The summed E-state index contributed by atoms with van der Waals surface area (Å²) in [6, 6.07) is 3.01. The number of imidazole rings is 1. The van der Waals surface area contributed by atoms with Gasteiger partial charge in [0.05, 0.1) is 12.0 Å². The molecule has 0 bridgehead atoms. The first-order chi connectivity index (χ1) is 9.63. The molecule has 4 nitrogen and oxygen atoms in total. The van der Waals surface area contributed by atoms with Crippen LogP contribution in [0.1, 0.15) is 12.1 Å². The lowest BCUT2D eigenvalue weighted by molar-refractivity contribution is -0.120. The monoisotopic (exact) mass is 277 g/mol. The maximum atomic E-state index is 13.5. The molecule has 1 atom stereocenters. The first-order valence-corrected chi connectivity index (χ1v) is 6.38. The van der Waals surface area contributed by atoms with Gasteiger partial charge in [-0.25, -0.2) is 13.8 Å². The van der Waals surface area contributed by atoms with Crippen LogP contribution in [0, 0.1) is 17.6 Å². The van der Waals surface area contributed by atoms with Gasteiger partial charge in [-0.3, -0.25) is 4.79 Å². The number of carbonyl (C=O) groups is 1. The summed E-state index contributed by atoms with van der Waals surface area (Å²) in [5.41, 5.74) is 0.866. The van der Waals surface area contributed by atoms with Gasteiger partial charge in [-0.15, -0.1) is 0 Å². The second-order valence-corrected chi connectivity index (χ2v) is 4.88. The van der Waals surface area contributed by atoms with Crippen molar-refractivity contribution in [3.63, 3.8) is 0 Å².